The van der Waals surface area contributed by atoms with E-state index in [0.29, 0.717) is 23.8 Å². The lowest BCUT2D eigenvalue weighted by Crippen LogP contribution is -2.32. The molecule has 5 rings (SSSR count). The van der Waals surface area contributed by atoms with Crippen LogP contribution in [0.15, 0.2) is 36.8 Å². The first-order valence-corrected chi connectivity index (χ1v) is 9.86. The second kappa shape index (κ2) is 6.97. The number of rotatable bonds is 6. The molecule has 2 N–H and O–H groups in total. The van der Waals surface area contributed by atoms with Crippen molar-refractivity contribution in [3.8, 4) is 0 Å². The molecule has 0 unspecified atom stereocenters. The minimum Gasteiger partial charge on any atom is -0.381 e. The number of carbonyl (C=O) groups excluding carboxylic acids is 1. The van der Waals surface area contributed by atoms with Gasteiger partial charge in [-0.1, -0.05) is 12.1 Å². The number of imidazole rings is 1. The van der Waals surface area contributed by atoms with Gasteiger partial charge in [0.25, 0.3) is 5.91 Å². The minimum absolute atomic E-state index is 0.138. The Morgan fingerprint density at radius 1 is 1.24 bits per heavy atom. The van der Waals surface area contributed by atoms with Crippen molar-refractivity contribution in [2.45, 2.75) is 18.9 Å². The molecule has 0 aliphatic heterocycles. The highest BCUT2D eigenvalue weighted by Gasteiger charge is 2.28. The van der Waals surface area contributed by atoms with Crippen molar-refractivity contribution in [1.29, 1.82) is 0 Å². The zero-order chi connectivity index (χ0) is 20.0. The Labute approximate surface area is 168 Å². The summed E-state index contributed by atoms with van der Waals surface area (Å²) in [6, 6.07) is 8.25. The molecule has 0 spiro atoms. The Balaban J connectivity index is 1.78. The number of amides is 1. The summed E-state index contributed by atoms with van der Waals surface area (Å²) in [5.41, 5.74) is 4.44. The monoisotopic (exact) mass is 389 g/mol. The first-order valence-electron chi connectivity index (χ1n) is 9.86. The van der Waals surface area contributed by atoms with Crippen LogP contribution in [0.5, 0.6) is 0 Å². The molecule has 0 atom stereocenters. The van der Waals surface area contributed by atoms with E-state index in [9.17, 15) is 4.79 Å². The number of anilines is 1. The maximum atomic E-state index is 13.3. The van der Waals surface area contributed by atoms with E-state index in [2.05, 4.69) is 20.6 Å². The fourth-order valence-corrected chi connectivity index (χ4v) is 3.61. The molecule has 8 heteroatoms. The van der Waals surface area contributed by atoms with E-state index in [4.69, 9.17) is 4.98 Å². The van der Waals surface area contributed by atoms with Crippen LogP contribution in [0, 0.1) is 0 Å². The fraction of sp³-hybridized carbons (Fsp3) is 0.333. The van der Waals surface area contributed by atoms with Crippen molar-refractivity contribution in [2.75, 3.05) is 32.5 Å². The maximum Gasteiger partial charge on any atom is 0.257 e. The Kier molecular flexibility index (Phi) is 4.28. The van der Waals surface area contributed by atoms with E-state index in [1.807, 2.05) is 47.7 Å². The lowest BCUT2D eigenvalue weighted by molar-refractivity contribution is 0.0953. The zero-order valence-electron chi connectivity index (χ0n) is 16.5. The quantitative estimate of drug-likeness (QED) is 0.526. The van der Waals surface area contributed by atoms with Crippen molar-refractivity contribution in [3.05, 3.63) is 42.4 Å². The number of hydrogen-bond acceptors (Lipinski definition) is 6. The van der Waals surface area contributed by atoms with E-state index in [0.717, 1.165) is 47.1 Å². The van der Waals surface area contributed by atoms with Gasteiger partial charge in [-0.2, -0.15) is 0 Å². The van der Waals surface area contributed by atoms with Crippen LogP contribution in [0.3, 0.4) is 0 Å². The van der Waals surface area contributed by atoms with Crippen molar-refractivity contribution < 1.29 is 4.79 Å². The predicted molar refractivity (Wildman–Crippen MR) is 113 cm³/mol. The highest BCUT2D eigenvalue weighted by atomic mass is 16.1. The van der Waals surface area contributed by atoms with E-state index in [1.165, 1.54) is 6.33 Å². The van der Waals surface area contributed by atoms with Gasteiger partial charge in [-0.3, -0.25) is 9.20 Å². The molecular formula is C21H23N7O. The molecule has 1 aliphatic carbocycles. The van der Waals surface area contributed by atoms with Crippen molar-refractivity contribution in [2.24, 2.45) is 0 Å². The summed E-state index contributed by atoms with van der Waals surface area (Å²) in [6.07, 6.45) is 5.50. The van der Waals surface area contributed by atoms with Crippen LogP contribution in [0.1, 0.15) is 23.2 Å². The van der Waals surface area contributed by atoms with Crippen LogP contribution >= 0.6 is 0 Å². The summed E-state index contributed by atoms with van der Waals surface area (Å²) < 4.78 is 1.96. The van der Waals surface area contributed by atoms with Crippen LogP contribution in [-0.4, -0.2) is 63.4 Å². The van der Waals surface area contributed by atoms with Gasteiger partial charge in [0.05, 0.1) is 22.1 Å². The van der Waals surface area contributed by atoms with Gasteiger partial charge in [0.15, 0.2) is 11.3 Å². The SMILES string of the molecule is CN(C)CCNC(=O)c1c(NC2CC2)c2cncnc2n2c1nc1ccccc12. The van der Waals surface area contributed by atoms with Gasteiger partial charge in [0, 0.05) is 25.3 Å². The number of nitrogens with zero attached hydrogens (tertiary/aromatic N) is 5. The average Bonchev–Trinajstić information content (AvgIpc) is 3.45. The number of fused-ring (bicyclic) bond motifs is 5. The number of likely N-dealkylation sites (N-methyl/N-ethyl adjacent to an activating group) is 1. The predicted octanol–water partition coefficient (Wildman–Crippen LogP) is 2.30. The molecule has 4 aromatic rings. The van der Waals surface area contributed by atoms with Gasteiger partial charge in [-0.15, -0.1) is 0 Å². The van der Waals surface area contributed by atoms with Gasteiger partial charge in [0.2, 0.25) is 0 Å². The van der Waals surface area contributed by atoms with Gasteiger partial charge >= 0.3 is 0 Å². The molecule has 1 aliphatic rings. The normalized spacial score (nSPS) is 14.2. The Bertz CT molecular complexity index is 1230. The summed E-state index contributed by atoms with van der Waals surface area (Å²) in [4.78, 5) is 28.9. The molecule has 3 aromatic heterocycles. The lowest BCUT2D eigenvalue weighted by atomic mass is 10.1. The summed E-state index contributed by atoms with van der Waals surface area (Å²) in [5, 5.41) is 7.42. The highest BCUT2D eigenvalue weighted by molar-refractivity contribution is 6.13. The molecule has 148 valence electrons. The van der Waals surface area contributed by atoms with E-state index in [-0.39, 0.29) is 5.91 Å². The molecule has 0 bridgehead atoms. The van der Waals surface area contributed by atoms with E-state index < -0.39 is 0 Å². The summed E-state index contributed by atoms with van der Waals surface area (Å²) in [5.74, 6) is -0.138. The maximum absolute atomic E-state index is 13.3. The van der Waals surface area contributed by atoms with Gasteiger partial charge < -0.3 is 15.5 Å². The van der Waals surface area contributed by atoms with Crippen LogP contribution < -0.4 is 10.6 Å². The molecule has 0 saturated heterocycles. The Hall–Kier alpha value is -3.26. The van der Waals surface area contributed by atoms with E-state index in [1.54, 1.807) is 6.20 Å². The highest BCUT2D eigenvalue weighted by Crippen LogP contribution is 2.35. The number of hydrogen-bond donors (Lipinski definition) is 2. The second-order valence-electron chi connectivity index (χ2n) is 7.75. The third kappa shape index (κ3) is 3.15. The topological polar surface area (TPSA) is 87.5 Å². The molecular weight excluding hydrogens is 366 g/mol. The lowest BCUT2D eigenvalue weighted by Gasteiger charge is -2.17. The molecule has 3 heterocycles. The second-order valence-corrected chi connectivity index (χ2v) is 7.75. The van der Waals surface area contributed by atoms with E-state index >= 15 is 0 Å². The van der Waals surface area contributed by atoms with Crippen LogP contribution in [-0.2, 0) is 0 Å². The number of pyridine rings is 1. The van der Waals surface area contributed by atoms with Crippen molar-refractivity contribution in [3.63, 3.8) is 0 Å². The summed E-state index contributed by atoms with van der Waals surface area (Å²) >= 11 is 0. The molecule has 1 saturated carbocycles. The largest absolute Gasteiger partial charge is 0.381 e. The fourth-order valence-electron chi connectivity index (χ4n) is 3.61. The van der Waals surface area contributed by atoms with Crippen molar-refractivity contribution in [1.82, 2.24) is 29.6 Å². The number of benzene rings is 1. The molecule has 1 aromatic carbocycles. The Morgan fingerprint density at radius 3 is 2.86 bits per heavy atom. The molecule has 1 amide bonds. The minimum atomic E-state index is -0.138. The third-order valence-corrected chi connectivity index (χ3v) is 5.20. The van der Waals surface area contributed by atoms with Crippen LogP contribution in [0.2, 0.25) is 0 Å². The first-order chi connectivity index (χ1) is 14.1. The van der Waals surface area contributed by atoms with Gasteiger partial charge in [-0.25, -0.2) is 15.0 Å². The summed E-state index contributed by atoms with van der Waals surface area (Å²) in [6.45, 7) is 1.32. The molecule has 8 nitrogen and oxygen atoms in total. The standard InChI is InChI=1S/C21H23N7O/c1-27(2)10-9-23-21(29)17-18(25-13-7-8-13)14-11-22-12-24-19(14)28-16-6-4-3-5-15(16)26-20(17)28/h3-6,11-13,25H,7-10H2,1-2H3,(H,23,29). The van der Waals surface area contributed by atoms with Gasteiger partial charge in [0.1, 0.15) is 11.9 Å². The zero-order valence-corrected chi connectivity index (χ0v) is 16.5. The van der Waals surface area contributed by atoms with Gasteiger partial charge in [-0.05, 0) is 39.1 Å². The first kappa shape index (κ1) is 17.8. The average molecular weight is 389 g/mol. The molecule has 0 radical (unpaired) electrons. The van der Waals surface area contributed by atoms with Crippen LogP contribution in [0.25, 0.3) is 27.7 Å². The smallest absolute Gasteiger partial charge is 0.257 e. The summed E-state index contributed by atoms with van der Waals surface area (Å²) in [7, 11) is 3.97. The number of carbonyl (C=O) groups is 1. The number of aromatic nitrogens is 4. The molecule has 1 fully saturated rings. The number of para-hydroxylation sites is 2. The number of nitrogens with one attached hydrogen (secondary N) is 2. The van der Waals surface area contributed by atoms with Crippen LogP contribution in [0.4, 0.5) is 5.69 Å². The molecule has 29 heavy (non-hydrogen) atoms. The third-order valence-electron chi connectivity index (χ3n) is 5.20. The van der Waals surface area contributed by atoms with Crippen molar-refractivity contribution >= 4 is 39.3 Å². The Morgan fingerprint density at radius 2 is 2.07 bits per heavy atom.